The molecule has 0 spiro atoms. The van der Waals surface area contributed by atoms with Gasteiger partial charge in [-0.3, -0.25) is 4.79 Å². The fourth-order valence-corrected chi connectivity index (χ4v) is 4.12. The maximum atomic E-state index is 13.0. The molecule has 3 heterocycles. The van der Waals surface area contributed by atoms with Gasteiger partial charge in [0, 0.05) is 17.5 Å². The molecule has 2 aliphatic heterocycles. The average Bonchev–Trinajstić information content (AvgIpc) is 3.34. The summed E-state index contributed by atoms with van der Waals surface area (Å²) in [5.74, 6) is -0.0165. The first kappa shape index (κ1) is 15.7. The molecule has 6 heteroatoms. The van der Waals surface area contributed by atoms with Gasteiger partial charge in [0.05, 0.1) is 19.3 Å². The van der Waals surface area contributed by atoms with Crippen LogP contribution in [0.25, 0.3) is 10.6 Å². The quantitative estimate of drug-likeness (QED) is 0.858. The molecule has 126 valence electrons. The van der Waals surface area contributed by atoms with Crippen LogP contribution in [0.3, 0.4) is 0 Å². The van der Waals surface area contributed by atoms with Crippen molar-refractivity contribution in [2.24, 2.45) is 0 Å². The molecule has 0 radical (unpaired) electrons. The van der Waals surface area contributed by atoms with Gasteiger partial charge in [0.2, 0.25) is 0 Å². The van der Waals surface area contributed by atoms with E-state index in [1.807, 2.05) is 40.6 Å². The molecule has 1 aromatic heterocycles. The number of benzene rings is 1. The van der Waals surface area contributed by atoms with Crippen LogP contribution < -0.4 is 0 Å². The van der Waals surface area contributed by atoms with Crippen molar-refractivity contribution in [1.82, 2.24) is 9.88 Å². The summed E-state index contributed by atoms with van der Waals surface area (Å²) >= 11 is 1.51. The van der Waals surface area contributed by atoms with Crippen LogP contribution in [0.1, 0.15) is 29.8 Å². The number of piperidine rings is 1. The molecule has 1 aromatic carbocycles. The van der Waals surface area contributed by atoms with Crippen LogP contribution in [0.4, 0.5) is 0 Å². The lowest BCUT2D eigenvalue weighted by Gasteiger charge is -2.37. The maximum Gasteiger partial charge on any atom is 0.273 e. The van der Waals surface area contributed by atoms with Gasteiger partial charge in [0.1, 0.15) is 10.7 Å². The Kier molecular flexibility index (Phi) is 4.60. The Labute approximate surface area is 145 Å². The Hall–Kier alpha value is -1.76. The number of amides is 1. The fourth-order valence-electron chi connectivity index (χ4n) is 3.32. The van der Waals surface area contributed by atoms with E-state index in [4.69, 9.17) is 9.47 Å². The summed E-state index contributed by atoms with van der Waals surface area (Å²) < 4.78 is 11.3. The number of hydrogen-bond donors (Lipinski definition) is 0. The summed E-state index contributed by atoms with van der Waals surface area (Å²) in [5, 5.41) is 2.73. The third kappa shape index (κ3) is 3.09. The van der Waals surface area contributed by atoms with Crippen molar-refractivity contribution in [3.63, 3.8) is 0 Å². The zero-order valence-corrected chi connectivity index (χ0v) is 14.2. The molecule has 0 bridgehead atoms. The van der Waals surface area contributed by atoms with Gasteiger partial charge >= 0.3 is 0 Å². The number of rotatable bonds is 3. The second-order valence-electron chi connectivity index (χ2n) is 6.08. The molecule has 24 heavy (non-hydrogen) atoms. The van der Waals surface area contributed by atoms with E-state index in [9.17, 15) is 4.79 Å². The number of ether oxygens (including phenoxy) is 2. The average molecular weight is 344 g/mol. The first-order valence-electron chi connectivity index (χ1n) is 8.38. The van der Waals surface area contributed by atoms with E-state index < -0.39 is 0 Å². The van der Waals surface area contributed by atoms with Gasteiger partial charge in [-0.2, -0.15) is 0 Å². The zero-order chi connectivity index (χ0) is 16.4. The van der Waals surface area contributed by atoms with Crippen LogP contribution in [-0.4, -0.2) is 47.9 Å². The van der Waals surface area contributed by atoms with Crippen LogP contribution in [0, 0.1) is 0 Å². The zero-order valence-electron chi connectivity index (χ0n) is 13.4. The van der Waals surface area contributed by atoms with Crippen molar-refractivity contribution < 1.29 is 14.3 Å². The normalized spacial score (nSPS) is 22.0. The van der Waals surface area contributed by atoms with Crippen molar-refractivity contribution in [2.75, 3.05) is 19.8 Å². The molecule has 1 unspecified atom stereocenters. The summed E-state index contributed by atoms with van der Waals surface area (Å²) in [7, 11) is 0. The van der Waals surface area contributed by atoms with Crippen LogP contribution >= 0.6 is 11.3 Å². The molecule has 0 aliphatic carbocycles. The minimum absolute atomic E-state index is 0.00405. The molecule has 0 saturated carbocycles. The van der Waals surface area contributed by atoms with E-state index in [1.165, 1.54) is 11.3 Å². The number of nitrogens with zero attached hydrogens (tertiary/aromatic N) is 2. The second-order valence-corrected chi connectivity index (χ2v) is 6.93. The molecule has 1 atom stereocenters. The van der Waals surface area contributed by atoms with Gasteiger partial charge in [-0.05, 0) is 19.3 Å². The molecule has 2 saturated heterocycles. The highest BCUT2D eigenvalue weighted by Gasteiger charge is 2.37. The molecule has 4 rings (SSSR count). The maximum absolute atomic E-state index is 13.0. The first-order valence-corrected chi connectivity index (χ1v) is 9.26. The largest absolute Gasteiger partial charge is 0.348 e. The van der Waals surface area contributed by atoms with Crippen LogP contribution in [0.15, 0.2) is 35.7 Å². The van der Waals surface area contributed by atoms with E-state index in [2.05, 4.69) is 4.98 Å². The first-order chi connectivity index (χ1) is 11.8. The van der Waals surface area contributed by atoms with Crippen molar-refractivity contribution >= 4 is 17.2 Å². The number of carbonyl (C=O) groups is 1. The van der Waals surface area contributed by atoms with Crippen molar-refractivity contribution in [1.29, 1.82) is 0 Å². The Morgan fingerprint density at radius 1 is 1.17 bits per heavy atom. The topological polar surface area (TPSA) is 51.7 Å². The van der Waals surface area contributed by atoms with Crippen molar-refractivity contribution in [2.45, 2.75) is 31.6 Å². The number of likely N-dealkylation sites (tertiary alicyclic amines) is 1. The third-order valence-corrected chi connectivity index (χ3v) is 5.41. The summed E-state index contributed by atoms with van der Waals surface area (Å²) in [5.41, 5.74) is 1.56. The Bertz CT molecular complexity index is 697. The van der Waals surface area contributed by atoms with E-state index in [0.717, 1.165) is 36.4 Å². The lowest BCUT2D eigenvalue weighted by atomic mass is 10.0. The van der Waals surface area contributed by atoms with E-state index in [-0.39, 0.29) is 18.2 Å². The Balaban J connectivity index is 1.54. The van der Waals surface area contributed by atoms with Crippen LogP contribution in [0.2, 0.25) is 0 Å². The molecule has 2 aliphatic rings. The summed E-state index contributed by atoms with van der Waals surface area (Å²) in [6.07, 6.45) is 2.75. The highest BCUT2D eigenvalue weighted by molar-refractivity contribution is 7.13. The van der Waals surface area contributed by atoms with Crippen LogP contribution in [0.5, 0.6) is 0 Å². The standard InChI is InChI=1S/C18H20N2O3S/c21-17(14-12-24-16(19-14)13-6-2-1-3-7-13)20-9-5-4-8-15(20)18-22-10-11-23-18/h1-3,6-7,12,15,18H,4-5,8-11H2. The molecule has 1 amide bonds. The number of carbonyl (C=O) groups excluding carboxylic acids is 1. The second kappa shape index (κ2) is 7.01. The SMILES string of the molecule is O=C(c1csc(-c2ccccc2)n1)N1CCCCC1C1OCCO1. The van der Waals surface area contributed by atoms with Gasteiger partial charge in [-0.15, -0.1) is 11.3 Å². The van der Waals surface area contributed by atoms with Gasteiger partial charge in [-0.1, -0.05) is 30.3 Å². The molecule has 0 N–H and O–H groups in total. The lowest BCUT2D eigenvalue weighted by Crippen LogP contribution is -2.50. The fraction of sp³-hybridized carbons (Fsp3) is 0.444. The van der Waals surface area contributed by atoms with Gasteiger partial charge in [0.15, 0.2) is 6.29 Å². The molecular formula is C18H20N2O3S. The van der Waals surface area contributed by atoms with Gasteiger partial charge < -0.3 is 14.4 Å². The highest BCUT2D eigenvalue weighted by atomic mass is 32.1. The highest BCUT2D eigenvalue weighted by Crippen LogP contribution is 2.28. The van der Waals surface area contributed by atoms with E-state index >= 15 is 0 Å². The summed E-state index contributed by atoms with van der Waals surface area (Å²) in [6, 6.07) is 9.95. The summed E-state index contributed by atoms with van der Waals surface area (Å²) in [4.78, 5) is 19.4. The predicted octanol–water partition coefficient (Wildman–Crippen LogP) is 3.18. The monoisotopic (exact) mass is 344 g/mol. The molecule has 2 aromatic rings. The minimum Gasteiger partial charge on any atom is -0.348 e. The van der Waals surface area contributed by atoms with Gasteiger partial charge in [0.25, 0.3) is 5.91 Å². The van der Waals surface area contributed by atoms with E-state index in [0.29, 0.717) is 18.9 Å². The van der Waals surface area contributed by atoms with Crippen molar-refractivity contribution in [3.8, 4) is 10.6 Å². The Morgan fingerprint density at radius 3 is 2.75 bits per heavy atom. The van der Waals surface area contributed by atoms with Crippen LogP contribution in [-0.2, 0) is 9.47 Å². The van der Waals surface area contributed by atoms with Gasteiger partial charge in [-0.25, -0.2) is 4.98 Å². The molecular weight excluding hydrogens is 324 g/mol. The molecule has 5 nitrogen and oxygen atoms in total. The molecule has 2 fully saturated rings. The van der Waals surface area contributed by atoms with Crippen molar-refractivity contribution in [3.05, 3.63) is 41.4 Å². The number of hydrogen-bond acceptors (Lipinski definition) is 5. The minimum atomic E-state index is -0.290. The Morgan fingerprint density at radius 2 is 1.96 bits per heavy atom. The van der Waals surface area contributed by atoms with E-state index in [1.54, 1.807) is 0 Å². The smallest absolute Gasteiger partial charge is 0.273 e. The predicted molar refractivity (Wildman–Crippen MR) is 91.9 cm³/mol. The number of thiazole rings is 1. The summed E-state index contributed by atoms with van der Waals surface area (Å²) in [6.45, 7) is 1.96. The number of aromatic nitrogens is 1. The lowest BCUT2D eigenvalue weighted by molar-refractivity contribution is -0.100. The third-order valence-electron chi connectivity index (χ3n) is 4.52.